The van der Waals surface area contributed by atoms with Crippen molar-refractivity contribution in [1.29, 1.82) is 0 Å². The highest BCUT2D eigenvalue weighted by Gasteiger charge is 2.48. The monoisotopic (exact) mass is 355 g/mol. The minimum Gasteiger partial charge on any atom is -0.274 e. The van der Waals surface area contributed by atoms with Gasteiger partial charge in [0.25, 0.3) is 0 Å². The summed E-state index contributed by atoms with van der Waals surface area (Å²) in [6.07, 6.45) is 3.66. The Labute approximate surface area is 153 Å². The first-order valence-electron chi connectivity index (χ1n) is 9.22. The number of hydrazone groups is 1. The molecule has 138 valence electrons. The number of imide groups is 1. The fourth-order valence-electron chi connectivity index (χ4n) is 3.60. The topological polar surface area (TPSA) is 78.8 Å². The lowest BCUT2D eigenvalue weighted by Gasteiger charge is -2.19. The number of carbonyl (C=O) groups is 3. The van der Waals surface area contributed by atoms with E-state index in [1.807, 2.05) is 12.1 Å². The second-order valence-electron chi connectivity index (χ2n) is 7.38. The molecule has 3 rings (SSSR count). The molecule has 2 unspecified atom stereocenters. The Hall–Kier alpha value is -2.50. The Balaban J connectivity index is 1.75. The lowest BCUT2D eigenvalue weighted by Crippen LogP contribution is -2.30. The molecule has 2 fully saturated rings. The molecule has 1 aliphatic carbocycles. The van der Waals surface area contributed by atoms with Gasteiger partial charge in [-0.25, -0.2) is 5.43 Å². The molecule has 2 aliphatic rings. The number of carbonyl (C=O) groups excluding carboxylic acids is 3. The average molecular weight is 355 g/mol. The number of fused-ring (bicyclic) bond motifs is 1. The van der Waals surface area contributed by atoms with E-state index in [1.165, 1.54) is 4.90 Å². The summed E-state index contributed by atoms with van der Waals surface area (Å²) >= 11 is 0. The molecular weight excluding hydrogens is 330 g/mol. The van der Waals surface area contributed by atoms with Crippen LogP contribution in [0.5, 0.6) is 0 Å². The van der Waals surface area contributed by atoms with E-state index in [4.69, 9.17) is 0 Å². The average Bonchev–Trinajstić information content (AvgIpc) is 2.90. The standard InChI is InChI=1S/C20H25N3O3/c1-12(2)18(24)22-21-13(3)14-8-10-15(11-9-14)23-19(25)16-6-4-5-7-17(16)20(23)26/h8-12,16-17H,4-7H2,1-3H3,(H,22,24). The van der Waals surface area contributed by atoms with Gasteiger partial charge in [-0.05, 0) is 37.5 Å². The molecule has 26 heavy (non-hydrogen) atoms. The number of rotatable bonds is 4. The normalized spacial score (nSPS) is 23.4. The van der Waals surface area contributed by atoms with Crippen molar-refractivity contribution in [1.82, 2.24) is 5.43 Å². The molecular formula is C20H25N3O3. The van der Waals surface area contributed by atoms with Crippen LogP contribution < -0.4 is 10.3 Å². The van der Waals surface area contributed by atoms with Gasteiger partial charge in [0.15, 0.2) is 0 Å². The molecule has 1 saturated carbocycles. The van der Waals surface area contributed by atoms with Crippen molar-refractivity contribution in [3.8, 4) is 0 Å². The first-order valence-corrected chi connectivity index (χ1v) is 9.22. The summed E-state index contributed by atoms with van der Waals surface area (Å²) in [5, 5.41) is 4.10. The van der Waals surface area contributed by atoms with Gasteiger partial charge < -0.3 is 0 Å². The van der Waals surface area contributed by atoms with E-state index in [0.717, 1.165) is 31.2 Å². The van der Waals surface area contributed by atoms with Gasteiger partial charge >= 0.3 is 0 Å². The molecule has 2 atom stereocenters. The first-order chi connectivity index (χ1) is 12.4. The Morgan fingerprint density at radius 1 is 1.08 bits per heavy atom. The van der Waals surface area contributed by atoms with E-state index in [-0.39, 0.29) is 35.5 Å². The maximum absolute atomic E-state index is 12.6. The lowest BCUT2D eigenvalue weighted by molar-refractivity contribution is -0.124. The largest absolute Gasteiger partial charge is 0.274 e. The zero-order valence-corrected chi connectivity index (χ0v) is 15.5. The zero-order valence-electron chi connectivity index (χ0n) is 15.5. The van der Waals surface area contributed by atoms with Crippen LogP contribution in [0.25, 0.3) is 0 Å². The van der Waals surface area contributed by atoms with Gasteiger partial charge in [-0.1, -0.05) is 38.8 Å². The Morgan fingerprint density at radius 2 is 1.62 bits per heavy atom. The molecule has 1 aromatic carbocycles. The van der Waals surface area contributed by atoms with Crippen molar-refractivity contribution in [2.75, 3.05) is 4.90 Å². The van der Waals surface area contributed by atoms with Gasteiger partial charge in [-0.3, -0.25) is 19.3 Å². The van der Waals surface area contributed by atoms with Crippen molar-refractivity contribution < 1.29 is 14.4 Å². The zero-order chi connectivity index (χ0) is 18.8. The van der Waals surface area contributed by atoms with E-state index in [1.54, 1.807) is 32.9 Å². The fourth-order valence-corrected chi connectivity index (χ4v) is 3.60. The molecule has 1 aliphatic heterocycles. The number of amides is 3. The highest BCUT2D eigenvalue weighted by Crippen LogP contribution is 2.40. The predicted molar refractivity (Wildman–Crippen MR) is 99.6 cm³/mol. The maximum atomic E-state index is 12.6. The number of anilines is 1. The van der Waals surface area contributed by atoms with Crippen LogP contribution in [-0.4, -0.2) is 23.4 Å². The molecule has 0 spiro atoms. The minimum atomic E-state index is -0.148. The molecule has 1 heterocycles. The number of benzene rings is 1. The Bertz CT molecular complexity index is 728. The molecule has 6 nitrogen and oxygen atoms in total. The van der Waals surface area contributed by atoms with Gasteiger partial charge in [0.1, 0.15) is 0 Å². The number of nitrogens with zero attached hydrogens (tertiary/aromatic N) is 2. The SMILES string of the molecule is CC(=NNC(=O)C(C)C)c1ccc(N2C(=O)C3CCCCC3C2=O)cc1. The second-order valence-corrected chi connectivity index (χ2v) is 7.38. The fraction of sp³-hybridized carbons (Fsp3) is 0.500. The first kappa shape index (κ1) is 18.3. The van der Waals surface area contributed by atoms with Crippen LogP contribution in [0.2, 0.25) is 0 Å². The van der Waals surface area contributed by atoms with Gasteiger partial charge in [-0.15, -0.1) is 0 Å². The van der Waals surface area contributed by atoms with Gasteiger partial charge in [0.2, 0.25) is 17.7 Å². The minimum absolute atomic E-state index is 0.0676. The molecule has 1 N–H and O–H groups in total. The van der Waals surface area contributed by atoms with Gasteiger partial charge in [-0.2, -0.15) is 5.10 Å². The van der Waals surface area contributed by atoms with E-state index >= 15 is 0 Å². The van der Waals surface area contributed by atoms with Crippen LogP contribution in [0, 0.1) is 17.8 Å². The number of nitrogens with one attached hydrogen (secondary N) is 1. The summed E-state index contributed by atoms with van der Waals surface area (Å²) < 4.78 is 0. The summed E-state index contributed by atoms with van der Waals surface area (Å²) in [6, 6.07) is 7.17. The molecule has 3 amide bonds. The third-order valence-corrected chi connectivity index (χ3v) is 5.24. The van der Waals surface area contributed by atoms with Gasteiger partial charge in [0.05, 0.1) is 23.2 Å². The van der Waals surface area contributed by atoms with E-state index in [2.05, 4.69) is 10.5 Å². The molecule has 6 heteroatoms. The molecule has 0 radical (unpaired) electrons. The van der Waals surface area contributed by atoms with Crippen LogP contribution in [0.15, 0.2) is 29.4 Å². The molecule has 0 aromatic heterocycles. The van der Waals surface area contributed by atoms with Crippen LogP contribution in [0.4, 0.5) is 5.69 Å². The van der Waals surface area contributed by atoms with Crippen molar-refractivity contribution in [3.63, 3.8) is 0 Å². The maximum Gasteiger partial charge on any atom is 0.242 e. The smallest absolute Gasteiger partial charge is 0.242 e. The highest BCUT2D eigenvalue weighted by atomic mass is 16.2. The van der Waals surface area contributed by atoms with E-state index in [0.29, 0.717) is 11.4 Å². The lowest BCUT2D eigenvalue weighted by atomic mass is 9.81. The summed E-state index contributed by atoms with van der Waals surface area (Å²) in [6.45, 7) is 5.41. The van der Waals surface area contributed by atoms with E-state index in [9.17, 15) is 14.4 Å². The van der Waals surface area contributed by atoms with E-state index < -0.39 is 0 Å². The highest BCUT2D eigenvalue weighted by molar-refractivity contribution is 6.22. The van der Waals surface area contributed by atoms with Gasteiger partial charge in [0, 0.05) is 5.92 Å². The second kappa shape index (κ2) is 7.40. The van der Waals surface area contributed by atoms with Crippen LogP contribution in [-0.2, 0) is 14.4 Å². The third kappa shape index (κ3) is 3.41. The summed E-state index contributed by atoms with van der Waals surface area (Å²) in [4.78, 5) is 38.2. The molecule has 1 aromatic rings. The van der Waals surface area contributed by atoms with Crippen molar-refractivity contribution in [3.05, 3.63) is 29.8 Å². The quantitative estimate of drug-likeness (QED) is 0.512. The van der Waals surface area contributed by atoms with Crippen LogP contribution in [0.1, 0.15) is 52.0 Å². The van der Waals surface area contributed by atoms with Crippen LogP contribution >= 0.6 is 0 Å². The van der Waals surface area contributed by atoms with Crippen molar-refractivity contribution in [2.45, 2.75) is 46.5 Å². The Morgan fingerprint density at radius 3 is 2.12 bits per heavy atom. The van der Waals surface area contributed by atoms with Crippen molar-refractivity contribution >= 4 is 29.1 Å². The van der Waals surface area contributed by atoms with Crippen LogP contribution in [0.3, 0.4) is 0 Å². The predicted octanol–water partition coefficient (Wildman–Crippen LogP) is 2.86. The summed E-state index contributed by atoms with van der Waals surface area (Å²) in [5.74, 6) is -0.707. The third-order valence-electron chi connectivity index (χ3n) is 5.24. The molecule has 0 bridgehead atoms. The summed E-state index contributed by atoms with van der Waals surface area (Å²) in [7, 11) is 0. The molecule has 1 saturated heterocycles. The summed E-state index contributed by atoms with van der Waals surface area (Å²) in [5.41, 5.74) is 4.63. The van der Waals surface area contributed by atoms with Crippen molar-refractivity contribution in [2.24, 2.45) is 22.9 Å². The number of hydrogen-bond acceptors (Lipinski definition) is 4. The number of hydrogen-bond donors (Lipinski definition) is 1. The Kier molecular flexibility index (Phi) is 5.20.